The largest absolute Gasteiger partial charge is 0.327 e. The second-order valence-corrected chi connectivity index (χ2v) is 7.87. The molecular weight excluding hydrogens is 422 g/mol. The van der Waals surface area contributed by atoms with Crippen LogP contribution >= 0.6 is 11.6 Å². The van der Waals surface area contributed by atoms with Crippen LogP contribution in [0.15, 0.2) is 78.9 Å². The number of nitrogens with zero attached hydrogens (tertiary/aromatic N) is 4. The predicted octanol–water partition coefficient (Wildman–Crippen LogP) is 5.64. The zero-order chi connectivity index (χ0) is 22.2. The molecule has 6 nitrogen and oxygen atoms in total. The molecule has 2 aromatic heterocycles. The molecule has 0 saturated carbocycles. The summed E-state index contributed by atoms with van der Waals surface area (Å²) in [6, 6.07) is 25.1. The number of carbonyl (C=O) groups excluding carboxylic acids is 1. The van der Waals surface area contributed by atoms with Gasteiger partial charge in [0.05, 0.1) is 22.4 Å². The molecule has 0 saturated heterocycles. The number of amides is 1. The molecule has 0 bridgehead atoms. The number of carbonyl (C=O) groups is 1. The second-order valence-electron chi connectivity index (χ2n) is 7.51. The summed E-state index contributed by atoms with van der Waals surface area (Å²) in [5.41, 5.74) is 5.37. The summed E-state index contributed by atoms with van der Waals surface area (Å²) in [4.78, 5) is 17.7. The van der Waals surface area contributed by atoms with Crippen molar-refractivity contribution in [3.8, 4) is 17.1 Å². The first-order valence-corrected chi connectivity index (χ1v) is 10.5. The molecule has 0 atom stereocenters. The quantitative estimate of drug-likeness (QED) is 0.392. The Hall–Kier alpha value is -3.90. The Morgan fingerprint density at radius 3 is 2.34 bits per heavy atom. The average molecular weight is 442 g/mol. The molecule has 0 spiro atoms. The number of hydrogen-bond acceptors (Lipinski definition) is 3. The van der Waals surface area contributed by atoms with E-state index in [1.54, 1.807) is 11.6 Å². The third kappa shape index (κ3) is 3.44. The zero-order valence-corrected chi connectivity index (χ0v) is 18.3. The number of imidazole rings is 1. The lowest BCUT2D eigenvalue weighted by atomic mass is 10.2. The number of benzene rings is 3. The number of anilines is 1. The highest BCUT2D eigenvalue weighted by atomic mass is 35.5. The van der Waals surface area contributed by atoms with E-state index in [9.17, 15) is 4.79 Å². The summed E-state index contributed by atoms with van der Waals surface area (Å²) >= 11 is 6.52. The lowest BCUT2D eigenvalue weighted by Crippen LogP contribution is -2.13. The fourth-order valence-electron chi connectivity index (χ4n) is 3.80. The van der Waals surface area contributed by atoms with Crippen LogP contribution in [0.3, 0.4) is 0 Å². The Morgan fingerprint density at radius 1 is 0.938 bits per heavy atom. The van der Waals surface area contributed by atoms with Gasteiger partial charge < -0.3 is 9.88 Å². The molecule has 0 unspecified atom stereocenters. The molecule has 0 fully saturated rings. The lowest BCUT2D eigenvalue weighted by Gasteiger charge is -2.07. The summed E-state index contributed by atoms with van der Waals surface area (Å²) in [7, 11) is 2.00. The average Bonchev–Trinajstić information content (AvgIpc) is 3.31. The molecule has 158 valence electrons. The molecular formula is C25H20ClN5O. The molecule has 5 rings (SSSR count). The maximum atomic E-state index is 13.0. The molecule has 0 aliphatic carbocycles. The SMILES string of the molecule is Cc1nn(-c2ccccc2)c(Cl)c1C(=O)Nc1ccc(-c2nc3ccccc3n2C)cc1. The summed E-state index contributed by atoms with van der Waals surface area (Å²) < 4.78 is 3.63. The Balaban J connectivity index is 1.40. The van der Waals surface area contributed by atoms with Gasteiger partial charge in [-0.2, -0.15) is 5.10 Å². The Morgan fingerprint density at radius 2 is 1.62 bits per heavy atom. The van der Waals surface area contributed by atoms with Gasteiger partial charge in [-0.05, 0) is 55.5 Å². The van der Waals surface area contributed by atoms with E-state index in [1.165, 1.54) is 0 Å². The van der Waals surface area contributed by atoms with Crippen LogP contribution < -0.4 is 5.32 Å². The van der Waals surface area contributed by atoms with Crippen molar-refractivity contribution in [2.45, 2.75) is 6.92 Å². The van der Waals surface area contributed by atoms with Gasteiger partial charge in [0.15, 0.2) is 0 Å². The van der Waals surface area contributed by atoms with Gasteiger partial charge in [-0.25, -0.2) is 9.67 Å². The maximum absolute atomic E-state index is 13.0. The van der Waals surface area contributed by atoms with E-state index >= 15 is 0 Å². The van der Waals surface area contributed by atoms with Crippen molar-refractivity contribution < 1.29 is 4.79 Å². The highest BCUT2D eigenvalue weighted by Crippen LogP contribution is 2.27. The number of fused-ring (bicyclic) bond motifs is 1. The number of hydrogen-bond donors (Lipinski definition) is 1. The normalized spacial score (nSPS) is 11.1. The van der Waals surface area contributed by atoms with E-state index in [0.29, 0.717) is 16.9 Å². The first-order valence-electron chi connectivity index (χ1n) is 10.2. The first kappa shape index (κ1) is 20.0. The van der Waals surface area contributed by atoms with Gasteiger partial charge in [-0.1, -0.05) is 41.9 Å². The molecule has 0 radical (unpaired) electrons. The van der Waals surface area contributed by atoms with Crippen LogP contribution in [-0.4, -0.2) is 25.2 Å². The number of halogens is 1. The minimum Gasteiger partial charge on any atom is -0.327 e. The van der Waals surface area contributed by atoms with Gasteiger partial charge in [0.1, 0.15) is 16.5 Å². The first-order chi connectivity index (χ1) is 15.5. The van der Waals surface area contributed by atoms with Crippen LogP contribution in [0.4, 0.5) is 5.69 Å². The van der Waals surface area contributed by atoms with E-state index in [2.05, 4.69) is 15.0 Å². The Bertz CT molecular complexity index is 1440. The van der Waals surface area contributed by atoms with E-state index in [4.69, 9.17) is 16.6 Å². The molecule has 5 aromatic rings. The molecule has 1 N–H and O–H groups in total. The molecule has 7 heteroatoms. The molecule has 3 aromatic carbocycles. The topological polar surface area (TPSA) is 64.7 Å². The van der Waals surface area contributed by atoms with Crippen molar-refractivity contribution in [3.05, 3.63) is 95.3 Å². The van der Waals surface area contributed by atoms with Crippen LogP contribution in [0, 0.1) is 6.92 Å². The van der Waals surface area contributed by atoms with Gasteiger partial charge in [0.25, 0.3) is 5.91 Å². The second kappa shape index (κ2) is 7.98. The van der Waals surface area contributed by atoms with Crippen LogP contribution in [-0.2, 0) is 7.05 Å². The van der Waals surface area contributed by atoms with E-state index < -0.39 is 0 Å². The maximum Gasteiger partial charge on any atom is 0.260 e. The summed E-state index contributed by atoms with van der Waals surface area (Å²) in [5.74, 6) is 0.567. The standard InChI is InChI=1S/C25H20ClN5O/c1-16-22(23(26)31(29-16)19-8-4-3-5-9-19)25(32)27-18-14-12-17(13-15-18)24-28-20-10-6-7-11-21(20)30(24)2/h3-15H,1-2H3,(H,27,32). The fourth-order valence-corrected chi connectivity index (χ4v) is 4.16. The number of rotatable bonds is 4. The number of aryl methyl sites for hydroxylation is 2. The van der Waals surface area contributed by atoms with Gasteiger partial charge >= 0.3 is 0 Å². The van der Waals surface area contributed by atoms with Crippen LogP contribution in [0.5, 0.6) is 0 Å². The highest BCUT2D eigenvalue weighted by molar-refractivity contribution is 6.34. The third-order valence-corrected chi connectivity index (χ3v) is 5.77. The lowest BCUT2D eigenvalue weighted by molar-refractivity contribution is 0.102. The summed E-state index contributed by atoms with van der Waals surface area (Å²) in [5, 5.41) is 7.64. The monoisotopic (exact) mass is 441 g/mol. The molecule has 0 aliphatic rings. The van der Waals surface area contributed by atoms with E-state index in [-0.39, 0.29) is 11.1 Å². The van der Waals surface area contributed by atoms with Gasteiger partial charge in [0.2, 0.25) is 0 Å². The van der Waals surface area contributed by atoms with Gasteiger partial charge in [-0.15, -0.1) is 0 Å². The van der Waals surface area contributed by atoms with Crippen molar-refractivity contribution in [1.29, 1.82) is 0 Å². The van der Waals surface area contributed by atoms with Crippen LogP contribution in [0.25, 0.3) is 28.1 Å². The highest BCUT2D eigenvalue weighted by Gasteiger charge is 2.21. The molecule has 1 amide bonds. The number of nitrogens with one attached hydrogen (secondary N) is 1. The summed E-state index contributed by atoms with van der Waals surface area (Å²) in [6.07, 6.45) is 0. The zero-order valence-electron chi connectivity index (χ0n) is 17.6. The van der Waals surface area contributed by atoms with E-state index in [1.807, 2.05) is 85.9 Å². The van der Waals surface area contributed by atoms with Crippen molar-refractivity contribution in [2.24, 2.45) is 7.05 Å². The van der Waals surface area contributed by atoms with Crippen molar-refractivity contribution >= 4 is 34.2 Å². The minimum absolute atomic E-state index is 0.280. The molecule has 0 aliphatic heterocycles. The predicted molar refractivity (Wildman–Crippen MR) is 127 cm³/mol. The van der Waals surface area contributed by atoms with Crippen molar-refractivity contribution in [1.82, 2.24) is 19.3 Å². The molecule has 2 heterocycles. The number of aromatic nitrogens is 4. The van der Waals surface area contributed by atoms with E-state index in [0.717, 1.165) is 28.1 Å². The number of para-hydroxylation sites is 3. The third-order valence-electron chi connectivity index (χ3n) is 5.42. The Kier molecular flexibility index (Phi) is 4.99. The van der Waals surface area contributed by atoms with Crippen LogP contribution in [0.1, 0.15) is 16.1 Å². The minimum atomic E-state index is -0.301. The Labute approximate surface area is 190 Å². The van der Waals surface area contributed by atoms with Gasteiger partial charge in [-0.3, -0.25) is 4.79 Å². The van der Waals surface area contributed by atoms with Gasteiger partial charge in [0, 0.05) is 18.3 Å². The van der Waals surface area contributed by atoms with Crippen molar-refractivity contribution in [3.63, 3.8) is 0 Å². The van der Waals surface area contributed by atoms with Crippen molar-refractivity contribution in [2.75, 3.05) is 5.32 Å². The van der Waals surface area contributed by atoms with Crippen LogP contribution in [0.2, 0.25) is 5.15 Å². The molecule has 32 heavy (non-hydrogen) atoms. The smallest absolute Gasteiger partial charge is 0.260 e. The fraction of sp³-hybridized carbons (Fsp3) is 0.0800. The summed E-state index contributed by atoms with van der Waals surface area (Å²) in [6.45, 7) is 1.77.